The average Bonchev–Trinajstić information content (AvgIpc) is 2.93. The Labute approximate surface area is 217 Å². The first kappa shape index (κ1) is 25.4. The van der Waals surface area contributed by atoms with Gasteiger partial charge >= 0.3 is 6.18 Å². The molecule has 38 heavy (non-hydrogen) atoms. The molecule has 1 atom stereocenters. The Morgan fingerprint density at radius 2 is 1.89 bits per heavy atom. The summed E-state index contributed by atoms with van der Waals surface area (Å²) in [5, 5.41) is 2.90. The van der Waals surface area contributed by atoms with Gasteiger partial charge in [0.25, 0.3) is 0 Å². The van der Waals surface area contributed by atoms with Crippen molar-refractivity contribution in [3.8, 4) is 22.9 Å². The number of aryl methyl sites for hydroxylation is 2. The highest BCUT2D eigenvalue weighted by molar-refractivity contribution is 6.01. The minimum absolute atomic E-state index is 0.231. The van der Waals surface area contributed by atoms with E-state index >= 15 is 0 Å². The Morgan fingerprint density at radius 3 is 2.68 bits per heavy atom. The third-order valence-electron chi connectivity index (χ3n) is 6.71. The van der Waals surface area contributed by atoms with Crippen molar-refractivity contribution < 1.29 is 22.7 Å². The van der Waals surface area contributed by atoms with Crippen LogP contribution in [0, 0.1) is 6.92 Å². The molecule has 0 amide bonds. The first-order valence-electron chi connectivity index (χ1n) is 12.2. The van der Waals surface area contributed by atoms with Crippen LogP contribution in [0.4, 0.5) is 19.1 Å². The van der Waals surface area contributed by atoms with Gasteiger partial charge in [-0.2, -0.15) is 13.2 Å². The molecule has 0 aliphatic heterocycles. The maximum atomic E-state index is 13.6. The van der Waals surface area contributed by atoms with Gasteiger partial charge in [-0.05, 0) is 79.3 Å². The number of alkyl halides is 3. The minimum Gasteiger partial charge on any atom is -0.438 e. The zero-order valence-electron chi connectivity index (χ0n) is 20.8. The summed E-state index contributed by atoms with van der Waals surface area (Å²) >= 11 is 0. The van der Waals surface area contributed by atoms with E-state index in [-0.39, 0.29) is 5.78 Å². The zero-order valence-corrected chi connectivity index (χ0v) is 20.8. The number of anilines is 1. The van der Waals surface area contributed by atoms with Gasteiger partial charge < -0.3 is 10.1 Å². The van der Waals surface area contributed by atoms with Gasteiger partial charge in [0, 0.05) is 30.9 Å². The lowest BCUT2D eigenvalue weighted by molar-refractivity contribution is -0.137. The molecule has 0 bridgehead atoms. The number of nitrogens with one attached hydrogen (secondary N) is 1. The van der Waals surface area contributed by atoms with Crippen LogP contribution in [0.1, 0.15) is 51.4 Å². The number of nitrogens with zero attached hydrogens (tertiary/aromatic N) is 3. The van der Waals surface area contributed by atoms with Gasteiger partial charge in [0.15, 0.2) is 5.78 Å². The van der Waals surface area contributed by atoms with Crippen LogP contribution < -0.4 is 10.1 Å². The normalized spacial score (nSPS) is 15.0. The smallest absolute Gasteiger partial charge is 0.416 e. The maximum Gasteiger partial charge on any atom is 0.416 e. The molecule has 6 nitrogen and oxygen atoms in total. The van der Waals surface area contributed by atoms with Crippen LogP contribution in [-0.4, -0.2) is 27.8 Å². The number of pyridine rings is 1. The predicted octanol–water partition coefficient (Wildman–Crippen LogP) is 7.00. The van der Waals surface area contributed by atoms with E-state index in [1.165, 1.54) is 6.07 Å². The number of carbonyl (C=O) groups is 1. The van der Waals surface area contributed by atoms with Crippen LogP contribution >= 0.6 is 0 Å². The number of Topliss-reactive ketones (excluding diaryl/α,β-unsaturated/α-hetero) is 1. The van der Waals surface area contributed by atoms with E-state index in [4.69, 9.17) is 4.74 Å². The van der Waals surface area contributed by atoms with E-state index in [0.717, 1.165) is 29.7 Å². The van der Waals surface area contributed by atoms with Crippen molar-refractivity contribution in [1.82, 2.24) is 15.0 Å². The van der Waals surface area contributed by atoms with E-state index in [1.807, 2.05) is 13.0 Å². The highest BCUT2D eigenvalue weighted by atomic mass is 19.4. The molecule has 0 saturated carbocycles. The summed E-state index contributed by atoms with van der Waals surface area (Å²) in [6.07, 6.45) is 0.628. The summed E-state index contributed by atoms with van der Waals surface area (Å²) in [6.45, 7) is 1.85. The van der Waals surface area contributed by atoms with Gasteiger partial charge in [0.2, 0.25) is 11.8 Å². The standard InChI is InChI=1S/C29H25F3N4O2/c1-17-8-9-19(26(37)21-6-3-5-18-10-11-20(16-23(18)21)29(30,31)32)15-25(17)38-27-22(7-4-13-34-27)24-12-14-35-28(33-2)36-24/h4,7-16,21H,3,5-6H2,1-2H3,(H,33,35,36). The van der Waals surface area contributed by atoms with Gasteiger partial charge in [-0.3, -0.25) is 4.79 Å². The molecule has 0 radical (unpaired) electrons. The summed E-state index contributed by atoms with van der Waals surface area (Å²) < 4.78 is 46.4. The van der Waals surface area contributed by atoms with Gasteiger partial charge in [0.1, 0.15) is 5.75 Å². The first-order valence-corrected chi connectivity index (χ1v) is 12.2. The number of halogens is 3. The summed E-state index contributed by atoms with van der Waals surface area (Å²) in [4.78, 5) is 26.6. The molecule has 1 N–H and O–H groups in total. The van der Waals surface area contributed by atoms with Crippen LogP contribution in [0.15, 0.2) is 67.0 Å². The van der Waals surface area contributed by atoms with Gasteiger partial charge in [-0.15, -0.1) is 0 Å². The number of hydrogen-bond acceptors (Lipinski definition) is 6. The SMILES string of the molecule is CNc1nccc(-c2cccnc2Oc2cc(C(=O)C3CCCc4ccc(C(F)(F)F)cc43)ccc2C)n1. The molecule has 2 aromatic carbocycles. The Kier molecular flexibility index (Phi) is 6.84. The number of rotatable bonds is 6. The number of fused-ring (bicyclic) bond motifs is 1. The number of aromatic nitrogens is 3. The Morgan fingerprint density at radius 1 is 1.05 bits per heavy atom. The highest BCUT2D eigenvalue weighted by Crippen LogP contribution is 2.39. The predicted molar refractivity (Wildman–Crippen MR) is 138 cm³/mol. The lowest BCUT2D eigenvalue weighted by Crippen LogP contribution is -2.20. The third kappa shape index (κ3) is 5.09. The van der Waals surface area contributed by atoms with Gasteiger partial charge in [-0.1, -0.05) is 18.2 Å². The van der Waals surface area contributed by atoms with E-state index < -0.39 is 17.7 Å². The van der Waals surface area contributed by atoms with Crippen molar-refractivity contribution >= 4 is 11.7 Å². The largest absolute Gasteiger partial charge is 0.438 e. The Bertz CT molecular complexity index is 1500. The second-order valence-corrected chi connectivity index (χ2v) is 9.17. The van der Waals surface area contributed by atoms with Crippen LogP contribution in [0.5, 0.6) is 11.6 Å². The third-order valence-corrected chi connectivity index (χ3v) is 6.71. The van der Waals surface area contributed by atoms with E-state index in [1.54, 1.807) is 49.8 Å². The second kappa shape index (κ2) is 10.2. The number of carbonyl (C=O) groups excluding carboxylic acids is 1. The number of ether oxygens (including phenoxy) is 1. The molecule has 1 unspecified atom stereocenters. The molecule has 0 fully saturated rings. The van der Waals surface area contributed by atoms with Gasteiger partial charge in [-0.25, -0.2) is 15.0 Å². The molecule has 1 aliphatic rings. The van der Waals surface area contributed by atoms with Crippen LogP contribution in [0.2, 0.25) is 0 Å². The Hall–Kier alpha value is -4.27. The van der Waals surface area contributed by atoms with Crippen molar-refractivity contribution in [2.75, 3.05) is 12.4 Å². The molecule has 9 heteroatoms. The lowest BCUT2D eigenvalue weighted by Gasteiger charge is -2.26. The van der Waals surface area contributed by atoms with Gasteiger partial charge in [0.05, 0.1) is 16.8 Å². The number of hydrogen-bond donors (Lipinski definition) is 1. The molecule has 5 rings (SSSR count). The molecule has 4 aromatic rings. The van der Waals surface area contributed by atoms with Crippen molar-refractivity contribution in [2.45, 2.75) is 38.3 Å². The zero-order chi connectivity index (χ0) is 26.9. The first-order chi connectivity index (χ1) is 18.2. The summed E-state index contributed by atoms with van der Waals surface area (Å²) in [5.74, 6) is 0.300. The molecular formula is C29H25F3N4O2. The average molecular weight is 519 g/mol. The topological polar surface area (TPSA) is 77.0 Å². The highest BCUT2D eigenvalue weighted by Gasteiger charge is 2.34. The number of benzene rings is 2. The van der Waals surface area contributed by atoms with E-state index in [9.17, 15) is 18.0 Å². The quantitative estimate of drug-likeness (QED) is 0.277. The molecule has 0 spiro atoms. The van der Waals surface area contributed by atoms with Crippen molar-refractivity contribution in [1.29, 1.82) is 0 Å². The van der Waals surface area contributed by atoms with E-state index in [0.29, 0.717) is 52.8 Å². The fourth-order valence-electron chi connectivity index (χ4n) is 4.71. The molecule has 194 valence electrons. The molecule has 2 heterocycles. The van der Waals surface area contributed by atoms with Crippen LogP contribution in [0.3, 0.4) is 0 Å². The fourth-order valence-corrected chi connectivity index (χ4v) is 4.71. The number of ketones is 1. The van der Waals surface area contributed by atoms with E-state index in [2.05, 4.69) is 20.3 Å². The molecule has 2 aromatic heterocycles. The molecule has 1 aliphatic carbocycles. The summed E-state index contributed by atoms with van der Waals surface area (Å²) in [7, 11) is 1.72. The minimum atomic E-state index is -4.47. The maximum absolute atomic E-state index is 13.6. The lowest BCUT2D eigenvalue weighted by atomic mass is 9.78. The molecular weight excluding hydrogens is 493 g/mol. The fraction of sp³-hybridized carbons (Fsp3) is 0.241. The monoisotopic (exact) mass is 518 g/mol. The second-order valence-electron chi connectivity index (χ2n) is 9.17. The van der Waals surface area contributed by atoms with Crippen LogP contribution in [-0.2, 0) is 12.6 Å². The van der Waals surface area contributed by atoms with Crippen LogP contribution in [0.25, 0.3) is 11.3 Å². The van der Waals surface area contributed by atoms with Crippen molar-refractivity contribution in [3.05, 3.63) is 94.8 Å². The molecule has 0 saturated heterocycles. The van der Waals surface area contributed by atoms with Crippen molar-refractivity contribution in [2.24, 2.45) is 0 Å². The summed E-state index contributed by atoms with van der Waals surface area (Å²) in [6, 6.07) is 14.1. The summed E-state index contributed by atoms with van der Waals surface area (Å²) in [5.41, 5.74) is 2.90. The van der Waals surface area contributed by atoms with Crippen molar-refractivity contribution in [3.63, 3.8) is 0 Å². The Balaban J connectivity index is 1.47.